The molecule has 0 aliphatic carbocycles. The van der Waals surface area contributed by atoms with E-state index in [1.807, 2.05) is 36.0 Å². The molecule has 3 nitrogen and oxygen atoms in total. The Morgan fingerprint density at radius 1 is 1.37 bits per heavy atom. The van der Waals surface area contributed by atoms with Crippen molar-refractivity contribution in [2.45, 2.75) is 30.9 Å². The van der Waals surface area contributed by atoms with Gasteiger partial charge in [-0.05, 0) is 43.2 Å². The molecule has 19 heavy (non-hydrogen) atoms. The van der Waals surface area contributed by atoms with Crippen molar-refractivity contribution in [1.29, 1.82) is 0 Å². The van der Waals surface area contributed by atoms with Gasteiger partial charge in [0.15, 0.2) is 0 Å². The molecule has 1 fully saturated rings. The second-order valence-corrected chi connectivity index (χ2v) is 6.30. The van der Waals surface area contributed by atoms with Gasteiger partial charge in [0, 0.05) is 17.4 Å². The Morgan fingerprint density at radius 3 is 2.95 bits per heavy atom. The summed E-state index contributed by atoms with van der Waals surface area (Å²) < 4.78 is 0. The molecule has 2 rings (SSSR count). The van der Waals surface area contributed by atoms with Crippen molar-refractivity contribution >= 4 is 17.7 Å². The van der Waals surface area contributed by atoms with Crippen LogP contribution in [-0.2, 0) is 6.42 Å². The molecule has 0 radical (unpaired) electrons. The highest BCUT2D eigenvalue weighted by Gasteiger charge is 2.16. The largest absolute Gasteiger partial charge is 0.351 e. The van der Waals surface area contributed by atoms with Crippen LogP contribution in [0.5, 0.6) is 0 Å². The number of hydrogen-bond donors (Lipinski definition) is 2. The minimum Gasteiger partial charge on any atom is -0.351 e. The van der Waals surface area contributed by atoms with Crippen molar-refractivity contribution in [3.63, 3.8) is 0 Å². The van der Waals surface area contributed by atoms with E-state index >= 15 is 0 Å². The zero-order valence-electron chi connectivity index (χ0n) is 11.2. The minimum absolute atomic E-state index is 0.0372. The molecular weight excluding hydrogens is 256 g/mol. The highest BCUT2D eigenvalue weighted by molar-refractivity contribution is 7.99. The molecule has 0 bridgehead atoms. The Labute approximate surface area is 119 Å². The van der Waals surface area contributed by atoms with Crippen molar-refractivity contribution in [3.05, 3.63) is 35.4 Å². The SMILES string of the molecule is NCCc1ccccc1C(=O)NCC1CCCCS1. The fourth-order valence-corrected chi connectivity index (χ4v) is 3.62. The van der Waals surface area contributed by atoms with Crippen LogP contribution in [0.15, 0.2) is 24.3 Å². The summed E-state index contributed by atoms with van der Waals surface area (Å²) in [4.78, 5) is 12.2. The third kappa shape index (κ3) is 4.25. The summed E-state index contributed by atoms with van der Waals surface area (Å²) in [5, 5.41) is 3.65. The summed E-state index contributed by atoms with van der Waals surface area (Å²) >= 11 is 1.98. The Hall–Kier alpha value is -1.00. The summed E-state index contributed by atoms with van der Waals surface area (Å²) in [6, 6.07) is 7.73. The lowest BCUT2D eigenvalue weighted by molar-refractivity contribution is 0.0952. The topological polar surface area (TPSA) is 55.1 Å². The van der Waals surface area contributed by atoms with Crippen LogP contribution in [0.1, 0.15) is 35.2 Å². The number of rotatable bonds is 5. The molecule has 0 aromatic heterocycles. The van der Waals surface area contributed by atoms with Gasteiger partial charge >= 0.3 is 0 Å². The van der Waals surface area contributed by atoms with Gasteiger partial charge in [0.05, 0.1) is 0 Å². The number of hydrogen-bond acceptors (Lipinski definition) is 3. The number of carbonyl (C=O) groups excluding carboxylic acids is 1. The highest BCUT2D eigenvalue weighted by Crippen LogP contribution is 2.24. The van der Waals surface area contributed by atoms with Gasteiger partial charge in [-0.3, -0.25) is 4.79 Å². The predicted molar refractivity (Wildman–Crippen MR) is 81.6 cm³/mol. The number of nitrogens with two attached hydrogens (primary N) is 1. The fraction of sp³-hybridized carbons (Fsp3) is 0.533. The molecule has 1 aromatic rings. The number of carbonyl (C=O) groups is 1. The first-order chi connectivity index (χ1) is 9.31. The molecule has 1 aliphatic heterocycles. The van der Waals surface area contributed by atoms with Crippen molar-refractivity contribution in [1.82, 2.24) is 5.32 Å². The second kappa shape index (κ2) is 7.56. The summed E-state index contributed by atoms with van der Waals surface area (Å²) in [7, 11) is 0. The normalized spacial score (nSPS) is 19.1. The molecule has 0 spiro atoms. The lowest BCUT2D eigenvalue weighted by Gasteiger charge is -2.21. The Kier molecular flexibility index (Phi) is 5.73. The average molecular weight is 278 g/mol. The molecule has 1 heterocycles. The second-order valence-electron chi connectivity index (χ2n) is 4.89. The van der Waals surface area contributed by atoms with Gasteiger partial charge in [0.25, 0.3) is 5.91 Å². The van der Waals surface area contributed by atoms with E-state index in [1.165, 1.54) is 25.0 Å². The molecule has 1 unspecified atom stereocenters. The zero-order chi connectivity index (χ0) is 13.5. The third-order valence-electron chi connectivity index (χ3n) is 3.44. The lowest BCUT2D eigenvalue weighted by Crippen LogP contribution is -2.32. The maximum atomic E-state index is 12.2. The van der Waals surface area contributed by atoms with Crippen molar-refractivity contribution < 1.29 is 4.79 Å². The van der Waals surface area contributed by atoms with Gasteiger partial charge < -0.3 is 11.1 Å². The Bertz CT molecular complexity index is 416. The van der Waals surface area contributed by atoms with Crippen LogP contribution in [0.2, 0.25) is 0 Å². The summed E-state index contributed by atoms with van der Waals surface area (Å²) in [5.74, 6) is 1.26. The Balaban J connectivity index is 1.91. The first-order valence-electron chi connectivity index (χ1n) is 6.99. The smallest absolute Gasteiger partial charge is 0.251 e. The molecule has 0 saturated carbocycles. The van der Waals surface area contributed by atoms with Crippen molar-refractivity contribution in [2.75, 3.05) is 18.8 Å². The molecule has 3 N–H and O–H groups in total. The lowest BCUT2D eigenvalue weighted by atomic mass is 10.0. The van der Waals surface area contributed by atoms with E-state index in [0.717, 1.165) is 24.1 Å². The van der Waals surface area contributed by atoms with Crippen molar-refractivity contribution in [3.8, 4) is 0 Å². The average Bonchev–Trinajstić information content (AvgIpc) is 2.47. The first kappa shape index (κ1) is 14.4. The van der Waals surface area contributed by atoms with Crippen LogP contribution in [0.3, 0.4) is 0 Å². The number of amides is 1. The van der Waals surface area contributed by atoms with E-state index in [0.29, 0.717) is 11.8 Å². The van der Waals surface area contributed by atoms with E-state index in [4.69, 9.17) is 5.73 Å². The van der Waals surface area contributed by atoms with Crippen LogP contribution < -0.4 is 11.1 Å². The number of thioether (sulfide) groups is 1. The molecule has 4 heteroatoms. The van der Waals surface area contributed by atoms with Gasteiger partial charge in [-0.2, -0.15) is 11.8 Å². The quantitative estimate of drug-likeness (QED) is 0.868. The monoisotopic (exact) mass is 278 g/mol. The summed E-state index contributed by atoms with van der Waals surface area (Å²) in [5.41, 5.74) is 7.40. The number of benzene rings is 1. The van der Waals surface area contributed by atoms with Gasteiger partial charge in [-0.25, -0.2) is 0 Å². The molecular formula is C15H22N2OS. The first-order valence-corrected chi connectivity index (χ1v) is 8.04. The van der Waals surface area contributed by atoms with Gasteiger partial charge in [-0.1, -0.05) is 24.6 Å². The van der Waals surface area contributed by atoms with E-state index < -0.39 is 0 Å². The van der Waals surface area contributed by atoms with Crippen LogP contribution in [0.4, 0.5) is 0 Å². The summed E-state index contributed by atoms with van der Waals surface area (Å²) in [6.07, 6.45) is 4.57. The minimum atomic E-state index is 0.0372. The fourth-order valence-electron chi connectivity index (χ4n) is 2.39. The standard InChI is InChI=1S/C15H22N2OS/c16-9-8-12-5-1-2-7-14(12)15(18)17-11-13-6-3-4-10-19-13/h1-2,5,7,13H,3-4,6,8-11,16H2,(H,17,18). The maximum absolute atomic E-state index is 12.2. The van der Waals surface area contributed by atoms with Crippen LogP contribution in [0.25, 0.3) is 0 Å². The van der Waals surface area contributed by atoms with E-state index in [-0.39, 0.29) is 5.91 Å². The van der Waals surface area contributed by atoms with Gasteiger partial charge in [0.1, 0.15) is 0 Å². The molecule has 1 amide bonds. The van der Waals surface area contributed by atoms with Gasteiger partial charge in [-0.15, -0.1) is 0 Å². The summed E-state index contributed by atoms with van der Waals surface area (Å²) in [6.45, 7) is 1.35. The van der Waals surface area contributed by atoms with Crippen LogP contribution in [0, 0.1) is 0 Å². The van der Waals surface area contributed by atoms with Gasteiger partial charge in [0.2, 0.25) is 0 Å². The van der Waals surface area contributed by atoms with Crippen LogP contribution >= 0.6 is 11.8 Å². The molecule has 1 aliphatic rings. The highest BCUT2D eigenvalue weighted by atomic mass is 32.2. The predicted octanol–water partition coefficient (Wildman–Crippen LogP) is 2.20. The molecule has 1 aromatic carbocycles. The van der Waals surface area contributed by atoms with Crippen molar-refractivity contribution in [2.24, 2.45) is 5.73 Å². The molecule has 1 atom stereocenters. The van der Waals surface area contributed by atoms with E-state index in [9.17, 15) is 4.79 Å². The number of nitrogens with one attached hydrogen (secondary N) is 1. The van der Waals surface area contributed by atoms with E-state index in [1.54, 1.807) is 0 Å². The maximum Gasteiger partial charge on any atom is 0.251 e. The van der Waals surface area contributed by atoms with Crippen LogP contribution in [-0.4, -0.2) is 30.0 Å². The third-order valence-corrected chi connectivity index (χ3v) is 4.84. The molecule has 104 valence electrons. The zero-order valence-corrected chi connectivity index (χ0v) is 12.0. The Morgan fingerprint density at radius 2 is 2.21 bits per heavy atom. The molecule has 1 saturated heterocycles. The van der Waals surface area contributed by atoms with E-state index in [2.05, 4.69) is 5.32 Å².